The highest BCUT2D eigenvalue weighted by molar-refractivity contribution is 6.62. The Morgan fingerprint density at radius 1 is 0.774 bits per heavy atom. The first kappa shape index (κ1) is 22.9. The number of aromatic nitrogens is 1. The number of aldehydes is 1. The van der Waals surface area contributed by atoms with E-state index in [1.807, 2.05) is 37.3 Å². The van der Waals surface area contributed by atoms with Crippen LogP contribution in [-0.4, -0.2) is 29.6 Å². The molecule has 0 saturated carbocycles. The van der Waals surface area contributed by atoms with Crippen LogP contribution in [0.4, 0.5) is 0 Å². The third kappa shape index (κ3) is 5.49. The van der Waals surface area contributed by atoms with Gasteiger partial charge in [-0.15, -0.1) is 0 Å². The van der Waals surface area contributed by atoms with Crippen molar-refractivity contribution in [3.8, 4) is 11.1 Å². The third-order valence-corrected chi connectivity index (χ3v) is 5.88. The SMILES string of the molecule is Cc1ccc(-c2cncc(C=O)c2)cc1.Cc1ccc(B2OC(C)(C)C(C)(C)O2)cc1. The van der Waals surface area contributed by atoms with Crippen LogP contribution in [-0.2, 0) is 9.31 Å². The van der Waals surface area contributed by atoms with E-state index in [0.29, 0.717) is 5.56 Å². The summed E-state index contributed by atoms with van der Waals surface area (Å²) in [5.74, 6) is 0. The first-order valence-corrected chi connectivity index (χ1v) is 10.5. The van der Waals surface area contributed by atoms with Crippen molar-refractivity contribution in [3.05, 3.63) is 83.7 Å². The summed E-state index contributed by atoms with van der Waals surface area (Å²) in [4.78, 5) is 14.6. The molecule has 0 aliphatic carbocycles. The van der Waals surface area contributed by atoms with Crippen LogP contribution >= 0.6 is 0 Å². The molecule has 2 heterocycles. The van der Waals surface area contributed by atoms with Gasteiger partial charge in [-0.3, -0.25) is 9.78 Å². The van der Waals surface area contributed by atoms with Crippen molar-refractivity contribution in [3.63, 3.8) is 0 Å². The average Bonchev–Trinajstić information content (AvgIpc) is 2.96. The topological polar surface area (TPSA) is 48.4 Å². The summed E-state index contributed by atoms with van der Waals surface area (Å²) in [7, 11) is -0.245. The molecule has 4 rings (SSSR count). The van der Waals surface area contributed by atoms with Gasteiger partial charge in [0.15, 0.2) is 6.29 Å². The molecule has 0 amide bonds. The first-order chi connectivity index (χ1) is 14.6. The Morgan fingerprint density at radius 2 is 1.29 bits per heavy atom. The van der Waals surface area contributed by atoms with Crippen LogP contribution in [0.1, 0.15) is 49.2 Å². The van der Waals surface area contributed by atoms with Crippen molar-refractivity contribution in [1.82, 2.24) is 4.98 Å². The molecule has 2 aromatic carbocycles. The van der Waals surface area contributed by atoms with Crippen LogP contribution in [0.25, 0.3) is 11.1 Å². The Labute approximate surface area is 185 Å². The van der Waals surface area contributed by atoms with E-state index in [-0.39, 0.29) is 18.3 Å². The summed E-state index contributed by atoms with van der Waals surface area (Å²) < 4.78 is 11.9. The second-order valence-electron chi connectivity index (χ2n) is 8.99. The molecule has 0 spiro atoms. The molecule has 1 aromatic heterocycles. The van der Waals surface area contributed by atoms with Gasteiger partial charge in [0.05, 0.1) is 11.2 Å². The van der Waals surface area contributed by atoms with Gasteiger partial charge in [0.1, 0.15) is 0 Å². The highest BCUT2D eigenvalue weighted by Gasteiger charge is 2.51. The fourth-order valence-corrected chi connectivity index (χ4v) is 3.13. The lowest BCUT2D eigenvalue weighted by atomic mass is 9.79. The predicted octanol–water partition coefficient (Wildman–Crippen LogP) is 5.16. The Hall–Kier alpha value is -2.76. The van der Waals surface area contributed by atoms with Crippen molar-refractivity contribution in [2.75, 3.05) is 0 Å². The molecule has 0 bridgehead atoms. The van der Waals surface area contributed by atoms with Gasteiger partial charge in [0.2, 0.25) is 0 Å². The summed E-state index contributed by atoms with van der Waals surface area (Å²) in [5, 5.41) is 0. The summed E-state index contributed by atoms with van der Waals surface area (Å²) in [6, 6.07) is 18.3. The Balaban J connectivity index is 0.000000176. The average molecular weight is 415 g/mol. The molecule has 1 fully saturated rings. The van der Waals surface area contributed by atoms with Crippen molar-refractivity contribution >= 4 is 18.9 Å². The molecule has 3 aromatic rings. The quantitative estimate of drug-likeness (QED) is 0.438. The van der Waals surface area contributed by atoms with Crippen molar-refractivity contribution < 1.29 is 14.1 Å². The number of pyridine rings is 1. The van der Waals surface area contributed by atoms with Gasteiger partial charge in [0.25, 0.3) is 0 Å². The highest BCUT2D eigenvalue weighted by Crippen LogP contribution is 2.36. The monoisotopic (exact) mass is 415 g/mol. The minimum absolute atomic E-state index is 0.245. The summed E-state index contributed by atoms with van der Waals surface area (Å²) in [6.45, 7) is 12.4. The number of rotatable bonds is 3. The number of aryl methyl sites for hydroxylation is 2. The van der Waals surface area contributed by atoms with E-state index in [9.17, 15) is 4.79 Å². The molecule has 1 aliphatic rings. The van der Waals surface area contributed by atoms with Crippen LogP contribution < -0.4 is 5.46 Å². The lowest BCUT2D eigenvalue weighted by Gasteiger charge is -2.32. The van der Waals surface area contributed by atoms with Gasteiger partial charge in [-0.1, -0.05) is 59.7 Å². The van der Waals surface area contributed by atoms with Gasteiger partial charge in [-0.05, 0) is 58.6 Å². The lowest BCUT2D eigenvalue weighted by molar-refractivity contribution is 0.00578. The summed E-state index contributed by atoms with van der Waals surface area (Å²) in [6.07, 6.45) is 4.13. The van der Waals surface area contributed by atoms with E-state index >= 15 is 0 Å². The number of carbonyl (C=O) groups is 1. The molecular formula is C26H30BNO3. The first-order valence-electron chi connectivity index (χ1n) is 10.5. The normalized spacial score (nSPS) is 16.4. The maximum Gasteiger partial charge on any atom is 0.494 e. The van der Waals surface area contributed by atoms with E-state index in [4.69, 9.17) is 9.31 Å². The smallest absolute Gasteiger partial charge is 0.399 e. The maximum atomic E-state index is 10.6. The summed E-state index contributed by atoms with van der Waals surface area (Å²) >= 11 is 0. The largest absolute Gasteiger partial charge is 0.494 e. The van der Waals surface area contributed by atoms with Crippen LogP contribution in [0.15, 0.2) is 67.0 Å². The van der Waals surface area contributed by atoms with Gasteiger partial charge in [0, 0.05) is 23.5 Å². The minimum atomic E-state index is -0.261. The number of nitrogens with zero attached hydrogens (tertiary/aromatic N) is 1. The Bertz CT molecular complexity index is 1010. The molecular weight excluding hydrogens is 385 g/mol. The predicted molar refractivity (Wildman–Crippen MR) is 127 cm³/mol. The van der Waals surface area contributed by atoms with E-state index < -0.39 is 0 Å². The zero-order valence-electron chi connectivity index (χ0n) is 19.2. The molecule has 160 valence electrons. The molecule has 0 N–H and O–H groups in total. The van der Waals surface area contributed by atoms with Crippen molar-refractivity contribution in [1.29, 1.82) is 0 Å². The van der Waals surface area contributed by atoms with Gasteiger partial charge >= 0.3 is 7.12 Å². The van der Waals surface area contributed by atoms with Gasteiger partial charge in [-0.2, -0.15) is 0 Å². The maximum absolute atomic E-state index is 10.6. The molecule has 0 atom stereocenters. The minimum Gasteiger partial charge on any atom is -0.399 e. The molecule has 1 saturated heterocycles. The highest BCUT2D eigenvalue weighted by atomic mass is 16.7. The Kier molecular flexibility index (Phi) is 6.78. The zero-order chi connectivity index (χ0) is 22.6. The number of carbonyl (C=O) groups excluding carboxylic acids is 1. The Morgan fingerprint density at radius 3 is 1.81 bits per heavy atom. The molecule has 0 unspecified atom stereocenters. The molecule has 0 radical (unpaired) electrons. The van der Waals surface area contributed by atoms with Crippen LogP contribution in [0, 0.1) is 13.8 Å². The second kappa shape index (κ2) is 9.17. The fourth-order valence-electron chi connectivity index (χ4n) is 3.13. The van der Waals surface area contributed by atoms with E-state index in [1.54, 1.807) is 12.4 Å². The molecule has 5 heteroatoms. The number of hydrogen-bond donors (Lipinski definition) is 0. The third-order valence-electron chi connectivity index (χ3n) is 5.88. The van der Waals surface area contributed by atoms with Gasteiger partial charge in [-0.25, -0.2) is 0 Å². The standard InChI is InChI=1S/C13H19BO2.C13H11NO/c1-10-6-8-11(9-7-10)14-15-12(2,3)13(4,5)16-14;1-10-2-4-12(5-3-10)13-6-11(9-15)7-14-8-13/h6-9H,1-5H3;2-9H,1H3. The van der Waals surface area contributed by atoms with E-state index in [0.717, 1.165) is 22.9 Å². The number of benzene rings is 2. The molecule has 4 nitrogen and oxygen atoms in total. The lowest BCUT2D eigenvalue weighted by Crippen LogP contribution is -2.41. The van der Waals surface area contributed by atoms with E-state index in [2.05, 4.69) is 63.9 Å². The second-order valence-corrected chi connectivity index (χ2v) is 8.99. The summed E-state index contributed by atoms with van der Waals surface area (Å²) in [5.41, 5.74) is 5.69. The van der Waals surface area contributed by atoms with Crippen molar-refractivity contribution in [2.45, 2.75) is 52.7 Å². The van der Waals surface area contributed by atoms with E-state index in [1.165, 1.54) is 11.1 Å². The van der Waals surface area contributed by atoms with Crippen LogP contribution in [0.2, 0.25) is 0 Å². The zero-order valence-corrected chi connectivity index (χ0v) is 19.2. The van der Waals surface area contributed by atoms with Crippen LogP contribution in [0.5, 0.6) is 0 Å². The fraction of sp³-hybridized carbons (Fsp3) is 0.308. The number of hydrogen-bond acceptors (Lipinski definition) is 4. The molecule has 1 aliphatic heterocycles. The van der Waals surface area contributed by atoms with Crippen LogP contribution in [0.3, 0.4) is 0 Å². The van der Waals surface area contributed by atoms with Crippen molar-refractivity contribution in [2.24, 2.45) is 0 Å². The van der Waals surface area contributed by atoms with Gasteiger partial charge < -0.3 is 9.31 Å². The molecule has 31 heavy (non-hydrogen) atoms.